The van der Waals surface area contributed by atoms with Crippen LogP contribution >= 0.6 is 0 Å². The van der Waals surface area contributed by atoms with Gasteiger partial charge in [-0.25, -0.2) is 0 Å². The maximum absolute atomic E-state index is 6.03. The minimum Gasteiger partial charge on any atom is -0.369 e. The lowest BCUT2D eigenvalue weighted by Gasteiger charge is -2.27. The van der Waals surface area contributed by atoms with E-state index >= 15 is 0 Å². The van der Waals surface area contributed by atoms with Crippen molar-refractivity contribution < 1.29 is 0 Å². The molecule has 0 spiro atoms. The minimum absolute atomic E-state index is 0.131. The molecular weight excluding hydrogens is 176 g/mol. The summed E-state index contributed by atoms with van der Waals surface area (Å²) in [6, 6.07) is 2.08. The van der Waals surface area contributed by atoms with Crippen LogP contribution in [-0.2, 0) is 7.05 Å². The standard InChI is InChI=1S/C10H20N4/c1-10(2,3)8(11)7-12-9-5-6-13-14(9)4/h5-6,8,12H,7,11H2,1-4H3. The van der Waals surface area contributed by atoms with Crippen LogP contribution < -0.4 is 11.1 Å². The number of rotatable bonds is 3. The van der Waals surface area contributed by atoms with E-state index in [-0.39, 0.29) is 11.5 Å². The molecule has 1 unspecified atom stereocenters. The van der Waals surface area contributed by atoms with Crippen molar-refractivity contribution in [1.29, 1.82) is 0 Å². The van der Waals surface area contributed by atoms with Crippen molar-refractivity contribution >= 4 is 5.82 Å². The highest BCUT2D eigenvalue weighted by Gasteiger charge is 2.20. The highest BCUT2D eigenvalue weighted by molar-refractivity contribution is 5.33. The van der Waals surface area contributed by atoms with Gasteiger partial charge in [0.05, 0.1) is 6.20 Å². The Morgan fingerprint density at radius 1 is 1.57 bits per heavy atom. The van der Waals surface area contributed by atoms with Gasteiger partial charge in [0.2, 0.25) is 0 Å². The Morgan fingerprint density at radius 2 is 2.21 bits per heavy atom. The maximum Gasteiger partial charge on any atom is 0.123 e. The zero-order valence-corrected chi connectivity index (χ0v) is 9.41. The first-order valence-electron chi connectivity index (χ1n) is 4.88. The summed E-state index contributed by atoms with van der Waals surface area (Å²) in [6.07, 6.45) is 1.77. The number of hydrogen-bond donors (Lipinski definition) is 2. The van der Waals surface area contributed by atoms with Crippen molar-refractivity contribution in [3.63, 3.8) is 0 Å². The Labute approximate surface area is 85.5 Å². The first-order valence-corrected chi connectivity index (χ1v) is 4.88. The molecule has 14 heavy (non-hydrogen) atoms. The van der Waals surface area contributed by atoms with Crippen LogP contribution in [-0.4, -0.2) is 22.4 Å². The zero-order chi connectivity index (χ0) is 10.8. The fourth-order valence-corrected chi connectivity index (χ4v) is 1.07. The molecule has 0 amide bonds. The molecule has 0 aliphatic carbocycles. The van der Waals surface area contributed by atoms with E-state index in [4.69, 9.17) is 5.73 Å². The van der Waals surface area contributed by atoms with E-state index in [1.54, 1.807) is 10.9 Å². The molecule has 1 rings (SSSR count). The van der Waals surface area contributed by atoms with Gasteiger partial charge in [0, 0.05) is 25.7 Å². The monoisotopic (exact) mass is 196 g/mol. The number of nitrogens with two attached hydrogens (primary N) is 1. The Kier molecular flexibility index (Phi) is 3.16. The van der Waals surface area contributed by atoms with Crippen LogP contribution in [0.3, 0.4) is 0 Å². The fourth-order valence-electron chi connectivity index (χ4n) is 1.07. The molecule has 1 aromatic rings. The average Bonchev–Trinajstić information content (AvgIpc) is 2.45. The molecule has 0 radical (unpaired) electrons. The summed E-state index contributed by atoms with van der Waals surface area (Å²) in [5.41, 5.74) is 6.16. The maximum atomic E-state index is 6.03. The number of nitrogens with one attached hydrogen (secondary N) is 1. The highest BCUT2D eigenvalue weighted by Crippen LogP contribution is 2.17. The number of hydrogen-bond acceptors (Lipinski definition) is 3. The topological polar surface area (TPSA) is 55.9 Å². The summed E-state index contributed by atoms with van der Waals surface area (Å²) in [7, 11) is 1.91. The molecule has 0 aromatic carbocycles. The quantitative estimate of drug-likeness (QED) is 0.764. The van der Waals surface area contributed by atoms with E-state index in [1.165, 1.54) is 0 Å². The van der Waals surface area contributed by atoms with Gasteiger partial charge in [-0.2, -0.15) is 5.10 Å². The predicted molar refractivity (Wildman–Crippen MR) is 59.1 cm³/mol. The number of anilines is 1. The zero-order valence-electron chi connectivity index (χ0n) is 9.41. The largest absolute Gasteiger partial charge is 0.369 e. The van der Waals surface area contributed by atoms with Crippen molar-refractivity contribution in [3.8, 4) is 0 Å². The van der Waals surface area contributed by atoms with E-state index < -0.39 is 0 Å². The third-order valence-electron chi connectivity index (χ3n) is 2.44. The molecule has 80 valence electrons. The minimum atomic E-state index is 0.131. The molecule has 0 saturated heterocycles. The van der Waals surface area contributed by atoms with Crippen molar-refractivity contribution in [2.24, 2.45) is 18.2 Å². The van der Waals surface area contributed by atoms with Gasteiger partial charge in [-0.15, -0.1) is 0 Å². The third-order valence-corrected chi connectivity index (χ3v) is 2.44. The molecule has 1 atom stereocenters. The van der Waals surface area contributed by atoms with Gasteiger partial charge in [-0.05, 0) is 5.41 Å². The van der Waals surface area contributed by atoms with Crippen LogP contribution in [0.4, 0.5) is 5.82 Å². The normalized spacial score (nSPS) is 14.1. The van der Waals surface area contributed by atoms with Crippen LogP contribution in [0.2, 0.25) is 0 Å². The second-order valence-electron chi connectivity index (χ2n) is 4.69. The second-order valence-corrected chi connectivity index (χ2v) is 4.69. The lowest BCUT2D eigenvalue weighted by molar-refractivity contribution is 0.331. The molecule has 4 nitrogen and oxygen atoms in total. The first-order chi connectivity index (χ1) is 6.41. The van der Waals surface area contributed by atoms with Gasteiger partial charge in [0.25, 0.3) is 0 Å². The first kappa shape index (κ1) is 11.0. The van der Waals surface area contributed by atoms with E-state index in [1.807, 2.05) is 13.1 Å². The summed E-state index contributed by atoms with van der Waals surface area (Å²) < 4.78 is 1.80. The number of aryl methyl sites for hydroxylation is 1. The van der Waals surface area contributed by atoms with Gasteiger partial charge in [-0.1, -0.05) is 20.8 Å². The van der Waals surface area contributed by atoms with E-state index in [2.05, 4.69) is 31.2 Å². The van der Waals surface area contributed by atoms with Crippen LogP contribution in [0.15, 0.2) is 12.3 Å². The van der Waals surface area contributed by atoms with Gasteiger partial charge in [-0.3, -0.25) is 4.68 Å². The van der Waals surface area contributed by atoms with Crippen LogP contribution in [0, 0.1) is 5.41 Å². The fraction of sp³-hybridized carbons (Fsp3) is 0.700. The van der Waals surface area contributed by atoms with Gasteiger partial charge in [0.15, 0.2) is 0 Å². The summed E-state index contributed by atoms with van der Waals surface area (Å²) in [6.45, 7) is 7.19. The molecule has 3 N–H and O–H groups in total. The Hall–Kier alpha value is -1.03. The lowest BCUT2D eigenvalue weighted by atomic mass is 9.87. The molecule has 0 bridgehead atoms. The molecule has 1 heterocycles. The summed E-state index contributed by atoms with van der Waals surface area (Å²) >= 11 is 0. The van der Waals surface area contributed by atoms with Crippen LogP contribution in [0.5, 0.6) is 0 Å². The average molecular weight is 196 g/mol. The highest BCUT2D eigenvalue weighted by atomic mass is 15.3. The number of nitrogens with zero attached hydrogens (tertiary/aromatic N) is 2. The van der Waals surface area contributed by atoms with Gasteiger partial charge in [0.1, 0.15) is 5.82 Å². The molecular formula is C10H20N4. The predicted octanol–water partition coefficient (Wildman–Crippen LogP) is 1.21. The molecule has 1 aromatic heterocycles. The lowest BCUT2D eigenvalue weighted by Crippen LogP contribution is -2.41. The summed E-state index contributed by atoms with van der Waals surface area (Å²) in [5.74, 6) is 1.00. The van der Waals surface area contributed by atoms with E-state index in [0.29, 0.717) is 0 Å². The van der Waals surface area contributed by atoms with Crippen LogP contribution in [0.1, 0.15) is 20.8 Å². The molecule has 0 aliphatic rings. The summed E-state index contributed by atoms with van der Waals surface area (Å²) in [5, 5.41) is 7.34. The molecule has 0 saturated carbocycles. The van der Waals surface area contributed by atoms with Crippen molar-refractivity contribution in [2.75, 3.05) is 11.9 Å². The molecule has 0 aliphatic heterocycles. The van der Waals surface area contributed by atoms with Crippen molar-refractivity contribution in [1.82, 2.24) is 9.78 Å². The van der Waals surface area contributed by atoms with Crippen molar-refractivity contribution in [2.45, 2.75) is 26.8 Å². The third kappa shape index (κ3) is 2.73. The van der Waals surface area contributed by atoms with Crippen LogP contribution in [0.25, 0.3) is 0 Å². The molecule has 0 fully saturated rings. The Balaban J connectivity index is 2.46. The Bertz CT molecular complexity index is 285. The summed E-state index contributed by atoms with van der Waals surface area (Å²) in [4.78, 5) is 0. The van der Waals surface area contributed by atoms with Crippen molar-refractivity contribution in [3.05, 3.63) is 12.3 Å². The van der Waals surface area contributed by atoms with Gasteiger partial charge >= 0.3 is 0 Å². The smallest absolute Gasteiger partial charge is 0.123 e. The second kappa shape index (κ2) is 4.00. The van der Waals surface area contributed by atoms with Gasteiger partial charge < -0.3 is 11.1 Å². The van der Waals surface area contributed by atoms with E-state index in [0.717, 1.165) is 12.4 Å². The van der Waals surface area contributed by atoms with E-state index in [9.17, 15) is 0 Å². The number of aromatic nitrogens is 2. The Morgan fingerprint density at radius 3 is 2.64 bits per heavy atom. The SMILES string of the molecule is Cn1nccc1NCC(N)C(C)(C)C. The molecule has 4 heteroatoms.